The first-order chi connectivity index (χ1) is 14.7. The predicted octanol–water partition coefficient (Wildman–Crippen LogP) is 0.322. The summed E-state index contributed by atoms with van der Waals surface area (Å²) in [4.78, 5) is 41.4. The molecule has 0 unspecified atom stereocenters. The van der Waals surface area contributed by atoms with Crippen LogP contribution in [-0.4, -0.2) is 91.1 Å². The zero-order chi connectivity index (χ0) is 22.2. The van der Waals surface area contributed by atoms with Gasteiger partial charge in [-0.15, -0.1) is 11.8 Å². The number of nitrogens with one attached hydrogen (secondary N) is 2. The Bertz CT molecular complexity index is 1010. The number of piperazine rings is 1. The van der Waals surface area contributed by atoms with E-state index >= 15 is 0 Å². The van der Waals surface area contributed by atoms with Crippen molar-refractivity contribution in [2.24, 2.45) is 0 Å². The van der Waals surface area contributed by atoms with Crippen LogP contribution in [0, 0.1) is 0 Å². The van der Waals surface area contributed by atoms with E-state index in [1.54, 1.807) is 17.9 Å². The first kappa shape index (κ1) is 22.1. The van der Waals surface area contributed by atoms with Crippen molar-refractivity contribution >= 4 is 39.4 Å². The molecule has 11 heteroatoms. The Morgan fingerprint density at radius 1 is 1.19 bits per heavy atom. The van der Waals surface area contributed by atoms with Crippen LogP contribution in [0.1, 0.15) is 23.7 Å². The molecule has 9 nitrogen and oxygen atoms in total. The van der Waals surface area contributed by atoms with Crippen molar-refractivity contribution in [1.82, 2.24) is 20.4 Å². The Morgan fingerprint density at radius 3 is 2.52 bits per heavy atom. The Labute approximate surface area is 185 Å². The number of thioether (sulfide) groups is 1. The minimum absolute atomic E-state index is 0.0543. The highest BCUT2D eigenvalue weighted by Crippen LogP contribution is 2.29. The fourth-order valence-corrected chi connectivity index (χ4v) is 7.09. The molecule has 1 aromatic rings. The minimum atomic E-state index is -2.93. The summed E-state index contributed by atoms with van der Waals surface area (Å²) in [7, 11) is -2.93. The highest BCUT2D eigenvalue weighted by Gasteiger charge is 2.42. The first-order valence-corrected chi connectivity index (χ1v) is 13.1. The molecule has 3 saturated heterocycles. The third kappa shape index (κ3) is 4.73. The van der Waals surface area contributed by atoms with Crippen LogP contribution in [0.2, 0.25) is 0 Å². The van der Waals surface area contributed by atoms with Crippen LogP contribution in [0.15, 0.2) is 29.2 Å². The summed E-state index contributed by atoms with van der Waals surface area (Å²) in [5, 5.41) is 4.88. The monoisotopic (exact) mass is 466 g/mol. The number of imide groups is 1. The van der Waals surface area contributed by atoms with Crippen LogP contribution in [0.5, 0.6) is 0 Å². The van der Waals surface area contributed by atoms with E-state index < -0.39 is 21.4 Å². The largest absolute Gasteiger partial charge is 0.336 e. The third-order valence-electron chi connectivity index (χ3n) is 6.08. The van der Waals surface area contributed by atoms with E-state index in [9.17, 15) is 22.8 Å². The molecule has 2 N–H and O–H groups in total. The van der Waals surface area contributed by atoms with E-state index in [1.165, 1.54) is 11.8 Å². The number of carbonyl (C=O) groups excluding carboxylic acids is 3. The summed E-state index contributed by atoms with van der Waals surface area (Å²) in [5.41, 5.74) is -0.455. The van der Waals surface area contributed by atoms with Crippen LogP contribution >= 0.6 is 11.8 Å². The number of benzene rings is 1. The van der Waals surface area contributed by atoms with Gasteiger partial charge in [0.2, 0.25) is 0 Å². The van der Waals surface area contributed by atoms with Crippen molar-refractivity contribution in [2.45, 2.75) is 29.8 Å². The lowest BCUT2D eigenvalue weighted by Gasteiger charge is -2.37. The molecule has 0 aromatic heterocycles. The average molecular weight is 467 g/mol. The highest BCUT2D eigenvalue weighted by molar-refractivity contribution is 7.99. The van der Waals surface area contributed by atoms with Gasteiger partial charge in [-0.2, -0.15) is 0 Å². The molecule has 0 saturated carbocycles. The van der Waals surface area contributed by atoms with Crippen molar-refractivity contribution in [2.75, 3.05) is 43.4 Å². The smallest absolute Gasteiger partial charge is 0.322 e. The van der Waals surface area contributed by atoms with Gasteiger partial charge in [-0.1, -0.05) is 12.1 Å². The quantitative estimate of drug-likeness (QED) is 0.474. The number of hydrogen-bond acceptors (Lipinski definition) is 7. The Morgan fingerprint density at radius 2 is 1.90 bits per heavy atom. The molecule has 0 radical (unpaired) electrons. The van der Waals surface area contributed by atoms with Gasteiger partial charge in [-0.25, -0.2) is 13.2 Å². The van der Waals surface area contributed by atoms with Crippen molar-refractivity contribution in [1.29, 1.82) is 0 Å². The van der Waals surface area contributed by atoms with E-state index in [0.29, 0.717) is 43.9 Å². The van der Waals surface area contributed by atoms with Gasteiger partial charge in [-0.3, -0.25) is 19.8 Å². The molecule has 3 aliphatic heterocycles. The van der Waals surface area contributed by atoms with Crippen LogP contribution < -0.4 is 10.6 Å². The molecule has 31 heavy (non-hydrogen) atoms. The fourth-order valence-electron chi connectivity index (χ4n) is 4.20. The fraction of sp³-hybridized carbons (Fsp3) is 0.550. The molecule has 0 spiro atoms. The van der Waals surface area contributed by atoms with Crippen LogP contribution in [0.3, 0.4) is 0 Å². The van der Waals surface area contributed by atoms with Crippen molar-refractivity contribution in [3.8, 4) is 0 Å². The van der Waals surface area contributed by atoms with Gasteiger partial charge in [0.05, 0.1) is 17.1 Å². The van der Waals surface area contributed by atoms with Gasteiger partial charge in [0, 0.05) is 42.9 Å². The summed E-state index contributed by atoms with van der Waals surface area (Å²) in [6.07, 6.45) is 0.665. The Hall–Kier alpha value is -2.11. The van der Waals surface area contributed by atoms with E-state index in [4.69, 9.17) is 0 Å². The van der Waals surface area contributed by atoms with Crippen LogP contribution in [0.25, 0.3) is 0 Å². The van der Waals surface area contributed by atoms with E-state index in [2.05, 4.69) is 15.5 Å². The van der Waals surface area contributed by atoms with E-state index in [-0.39, 0.29) is 29.4 Å². The average Bonchev–Trinajstić information content (AvgIpc) is 3.23. The second kappa shape index (κ2) is 8.44. The third-order valence-corrected chi connectivity index (χ3v) is 9.22. The molecule has 2 atom stereocenters. The normalized spacial score (nSPS) is 28.4. The Balaban J connectivity index is 1.38. The van der Waals surface area contributed by atoms with Crippen LogP contribution in [0.4, 0.5) is 4.79 Å². The summed E-state index contributed by atoms with van der Waals surface area (Å²) in [6, 6.07) is 6.81. The first-order valence-electron chi connectivity index (χ1n) is 10.3. The standard InChI is InChI=1S/C20H26N4O5S2/c1-20(18(26)21-19(27)22-20)13-30-16-5-3-2-4-15(16)17(25)24-9-7-23(8-10-24)14-6-11-31(28,29)12-14/h2-5,14H,6-13H2,1H3,(H2,21,22,26,27)/t14-,20-/m0/s1. The molecular formula is C20H26N4O5S2. The molecule has 4 amide bonds. The molecular weight excluding hydrogens is 440 g/mol. The van der Waals surface area contributed by atoms with Gasteiger partial charge in [0.25, 0.3) is 11.8 Å². The van der Waals surface area contributed by atoms with E-state index in [1.807, 2.05) is 18.2 Å². The van der Waals surface area contributed by atoms with Crippen LogP contribution in [-0.2, 0) is 14.6 Å². The summed E-state index contributed by atoms with van der Waals surface area (Å²) >= 11 is 1.36. The van der Waals surface area contributed by atoms with Gasteiger partial charge in [-0.05, 0) is 25.5 Å². The summed E-state index contributed by atoms with van der Waals surface area (Å²) in [6.45, 7) is 4.07. The molecule has 4 rings (SSSR count). The minimum Gasteiger partial charge on any atom is -0.336 e. The second-order valence-electron chi connectivity index (χ2n) is 8.41. The number of urea groups is 1. The van der Waals surface area contributed by atoms with Gasteiger partial charge < -0.3 is 10.2 Å². The zero-order valence-electron chi connectivity index (χ0n) is 17.3. The molecule has 0 aliphatic carbocycles. The lowest BCUT2D eigenvalue weighted by Crippen LogP contribution is -2.52. The number of rotatable bonds is 5. The zero-order valence-corrected chi connectivity index (χ0v) is 18.9. The lowest BCUT2D eigenvalue weighted by atomic mass is 10.1. The number of amides is 4. The summed E-state index contributed by atoms with van der Waals surface area (Å²) in [5.74, 6) is 0.312. The second-order valence-corrected chi connectivity index (χ2v) is 11.7. The maximum Gasteiger partial charge on any atom is 0.322 e. The molecule has 0 bridgehead atoms. The highest BCUT2D eigenvalue weighted by atomic mass is 32.2. The Kier molecular flexibility index (Phi) is 6.01. The predicted molar refractivity (Wildman–Crippen MR) is 117 cm³/mol. The molecule has 3 fully saturated rings. The molecule has 1 aromatic carbocycles. The lowest BCUT2D eigenvalue weighted by molar-refractivity contribution is -0.122. The number of hydrogen-bond donors (Lipinski definition) is 2. The summed E-state index contributed by atoms with van der Waals surface area (Å²) < 4.78 is 23.5. The SMILES string of the molecule is C[C@@]1(CSc2ccccc2C(=O)N2CCN([C@H]3CCS(=O)(=O)C3)CC2)NC(=O)NC1=O. The molecule has 3 heterocycles. The molecule has 168 valence electrons. The van der Waals surface area contributed by atoms with E-state index in [0.717, 1.165) is 4.90 Å². The van der Waals surface area contributed by atoms with Crippen molar-refractivity contribution < 1.29 is 22.8 Å². The van der Waals surface area contributed by atoms with Crippen molar-refractivity contribution in [3.05, 3.63) is 29.8 Å². The molecule has 3 aliphatic rings. The maximum atomic E-state index is 13.2. The van der Waals surface area contributed by atoms with Gasteiger partial charge in [0.15, 0.2) is 9.84 Å². The number of nitrogens with zero attached hydrogens (tertiary/aromatic N) is 2. The van der Waals surface area contributed by atoms with Gasteiger partial charge in [0.1, 0.15) is 5.54 Å². The van der Waals surface area contributed by atoms with Gasteiger partial charge >= 0.3 is 6.03 Å². The maximum absolute atomic E-state index is 13.2. The van der Waals surface area contributed by atoms with Crippen molar-refractivity contribution in [3.63, 3.8) is 0 Å². The topological polar surface area (TPSA) is 116 Å². The number of sulfone groups is 1. The number of carbonyl (C=O) groups is 3.